The number of ether oxygens (including phenoxy) is 2. The van der Waals surface area contributed by atoms with Crippen molar-refractivity contribution in [1.29, 1.82) is 0 Å². The molecule has 0 saturated heterocycles. The summed E-state index contributed by atoms with van der Waals surface area (Å²) in [4.78, 5) is 32.2. The fourth-order valence-corrected chi connectivity index (χ4v) is 4.27. The molecule has 0 radical (unpaired) electrons. The van der Waals surface area contributed by atoms with Crippen molar-refractivity contribution in [2.45, 2.75) is 25.4 Å². The van der Waals surface area contributed by atoms with Gasteiger partial charge in [-0.2, -0.15) is 5.10 Å². The number of fused-ring (bicyclic) bond motifs is 1. The van der Waals surface area contributed by atoms with E-state index in [1.807, 2.05) is 50.2 Å². The van der Waals surface area contributed by atoms with Gasteiger partial charge in [-0.25, -0.2) is 9.67 Å². The Bertz CT molecular complexity index is 1430. The van der Waals surface area contributed by atoms with Crippen LogP contribution in [0.1, 0.15) is 16.7 Å². The number of nitrogens with one attached hydrogen (secondary N) is 2. The molecule has 1 amide bonds. The summed E-state index contributed by atoms with van der Waals surface area (Å²) in [5.74, 6) is 1.28. The van der Waals surface area contributed by atoms with Crippen LogP contribution in [-0.4, -0.2) is 52.2 Å². The van der Waals surface area contributed by atoms with Crippen molar-refractivity contribution in [2.24, 2.45) is 0 Å². The van der Waals surface area contributed by atoms with E-state index in [2.05, 4.69) is 20.4 Å². The highest BCUT2D eigenvalue weighted by atomic mass is 32.2. The minimum Gasteiger partial charge on any atom is -0.493 e. The maximum atomic E-state index is 12.6. The predicted molar refractivity (Wildman–Crippen MR) is 136 cm³/mol. The number of amides is 1. The van der Waals surface area contributed by atoms with Gasteiger partial charge in [-0.05, 0) is 61.2 Å². The zero-order valence-corrected chi connectivity index (χ0v) is 20.9. The lowest BCUT2D eigenvalue weighted by Crippen LogP contribution is -2.27. The average Bonchev–Trinajstić information content (AvgIpc) is 3.29. The summed E-state index contributed by atoms with van der Waals surface area (Å²) in [5, 5.41) is 8.01. The summed E-state index contributed by atoms with van der Waals surface area (Å²) >= 11 is 1.17. The summed E-state index contributed by atoms with van der Waals surface area (Å²) < 4.78 is 12.2. The Kier molecular flexibility index (Phi) is 7.40. The smallest absolute Gasteiger partial charge is 0.262 e. The van der Waals surface area contributed by atoms with Gasteiger partial charge >= 0.3 is 0 Å². The molecule has 2 aromatic heterocycles. The molecule has 0 bridgehead atoms. The van der Waals surface area contributed by atoms with Crippen LogP contribution in [0, 0.1) is 13.8 Å². The van der Waals surface area contributed by atoms with Crippen LogP contribution in [0.5, 0.6) is 11.5 Å². The van der Waals surface area contributed by atoms with Crippen LogP contribution in [0.2, 0.25) is 0 Å². The summed E-state index contributed by atoms with van der Waals surface area (Å²) in [6, 6.07) is 11.6. The van der Waals surface area contributed by atoms with Crippen LogP contribution in [0.4, 0.5) is 0 Å². The van der Waals surface area contributed by atoms with Gasteiger partial charge in [0, 0.05) is 6.54 Å². The second-order valence-corrected chi connectivity index (χ2v) is 8.98. The van der Waals surface area contributed by atoms with Crippen molar-refractivity contribution in [3.8, 4) is 17.2 Å². The molecule has 0 atom stereocenters. The van der Waals surface area contributed by atoms with Crippen LogP contribution >= 0.6 is 11.8 Å². The normalized spacial score (nSPS) is 11.0. The monoisotopic (exact) mass is 493 g/mol. The van der Waals surface area contributed by atoms with E-state index in [1.54, 1.807) is 18.9 Å². The van der Waals surface area contributed by atoms with Gasteiger partial charge in [-0.3, -0.25) is 9.59 Å². The lowest BCUT2D eigenvalue weighted by molar-refractivity contribution is -0.118. The first-order valence-electron chi connectivity index (χ1n) is 11.1. The summed E-state index contributed by atoms with van der Waals surface area (Å²) in [5.41, 5.74) is 4.30. The standard InChI is InChI=1S/C25H27N5O4S/c1-15-5-7-18(11-16(15)2)30-23-19(13-27-30)24(32)29-25(28-23)35-14-22(31)26-10-9-17-6-8-20(33-3)21(12-17)34-4/h5-8,11-13H,9-10,14H2,1-4H3,(H,26,31)(H,28,29,32). The molecule has 0 fully saturated rings. The molecular weight excluding hydrogens is 466 g/mol. The van der Waals surface area contributed by atoms with Gasteiger partial charge in [-0.1, -0.05) is 23.9 Å². The first-order valence-corrected chi connectivity index (χ1v) is 12.0. The number of aromatic nitrogens is 4. The van der Waals surface area contributed by atoms with Crippen LogP contribution in [-0.2, 0) is 11.2 Å². The van der Waals surface area contributed by atoms with E-state index in [1.165, 1.54) is 23.5 Å². The number of nitrogens with zero attached hydrogens (tertiary/aromatic N) is 3. The number of hydrogen-bond acceptors (Lipinski definition) is 7. The Morgan fingerprint density at radius 2 is 1.89 bits per heavy atom. The summed E-state index contributed by atoms with van der Waals surface area (Å²) in [7, 11) is 3.18. The number of benzene rings is 2. The molecule has 2 aromatic carbocycles. The first-order chi connectivity index (χ1) is 16.9. The van der Waals surface area contributed by atoms with E-state index in [0.717, 1.165) is 16.8 Å². The number of carbonyl (C=O) groups is 1. The molecule has 182 valence electrons. The molecule has 4 rings (SSSR count). The van der Waals surface area contributed by atoms with Crippen LogP contribution in [0.15, 0.2) is 52.5 Å². The Hall–Kier alpha value is -3.79. The fraction of sp³-hybridized carbons (Fsp3) is 0.280. The first kappa shape index (κ1) is 24.3. The van der Waals surface area contributed by atoms with Crippen LogP contribution in [0.3, 0.4) is 0 Å². The molecule has 2 heterocycles. The number of carbonyl (C=O) groups excluding carboxylic acids is 1. The molecule has 10 heteroatoms. The van der Waals surface area contributed by atoms with E-state index < -0.39 is 0 Å². The number of thioether (sulfide) groups is 1. The number of methoxy groups -OCH3 is 2. The van der Waals surface area contributed by atoms with Crippen molar-refractivity contribution >= 4 is 28.7 Å². The van der Waals surface area contributed by atoms with Crippen molar-refractivity contribution in [1.82, 2.24) is 25.1 Å². The van der Waals surface area contributed by atoms with E-state index >= 15 is 0 Å². The molecule has 0 aliphatic heterocycles. The van der Waals surface area contributed by atoms with Gasteiger partial charge in [0.25, 0.3) is 5.56 Å². The number of aromatic amines is 1. The van der Waals surface area contributed by atoms with E-state index in [0.29, 0.717) is 40.7 Å². The van der Waals surface area contributed by atoms with Crippen molar-refractivity contribution < 1.29 is 14.3 Å². The van der Waals surface area contributed by atoms with Gasteiger partial charge in [0.1, 0.15) is 5.39 Å². The Morgan fingerprint density at radius 1 is 1.09 bits per heavy atom. The van der Waals surface area contributed by atoms with Gasteiger partial charge in [-0.15, -0.1) is 0 Å². The number of rotatable bonds is 9. The average molecular weight is 494 g/mol. The van der Waals surface area contributed by atoms with Gasteiger partial charge < -0.3 is 19.8 Å². The van der Waals surface area contributed by atoms with Crippen LogP contribution < -0.4 is 20.3 Å². The lowest BCUT2D eigenvalue weighted by Gasteiger charge is -2.10. The zero-order chi connectivity index (χ0) is 24.9. The molecule has 0 aliphatic carbocycles. The second kappa shape index (κ2) is 10.6. The van der Waals surface area contributed by atoms with Gasteiger partial charge in [0.2, 0.25) is 5.91 Å². The van der Waals surface area contributed by atoms with Crippen molar-refractivity contribution in [3.05, 3.63) is 69.6 Å². The number of aryl methyl sites for hydroxylation is 2. The highest BCUT2D eigenvalue weighted by Gasteiger charge is 2.13. The van der Waals surface area contributed by atoms with E-state index in [4.69, 9.17) is 9.47 Å². The SMILES string of the molecule is COc1ccc(CCNC(=O)CSc2nc3c(cnn3-c3ccc(C)c(C)c3)c(=O)[nH]2)cc1OC. The lowest BCUT2D eigenvalue weighted by atomic mass is 10.1. The third kappa shape index (κ3) is 5.48. The molecular formula is C25H27N5O4S. The van der Waals surface area contributed by atoms with Gasteiger partial charge in [0.15, 0.2) is 22.3 Å². The topological polar surface area (TPSA) is 111 Å². The quantitative estimate of drug-likeness (QED) is 0.272. The maximum absolute atomic E-state index is 12.6. The Labute approximate surface area is 206 Å². The molecule has 0 unspecified atom stereocenters. The number of hydrogen-bond donors (Lipinski definition) is 2. The zero-order valence-electron chi connectivity index (χ0n) is 20.0. The van der Waals surface area contributed by atoms with Crippen LogP contribution in [0.25, 0.3) is 16.7 Å². The van der Waals surface area contributed by atoms with Crippen molar-refractivity contribution in [3.63, 3.8) is 0 Å². The fourth-order valence-electron chi connectivity index (χ4n) is 3.58. The molecule has 9 nitrogen and oxygen atoms in total. The Morgan fingerprint density at radius 3 is 2.63 bits per heavy atom. The molecule has 4 aromatic rings. The minimum atomic E-state index is -0.290. The molecule has 0 spiro atoms. The van der Waals surface area contributed by atoms with Gasteiger partial charge in [0.05, 0.1) is 31.9 Å². The largest absolute Gasteiger partial charge is 0.493 e. The minimum absolute atomic E-state index is 0.123. The third-order valence-electron chi connectivity index (χ3n) is 5.68. The van der Waals surface area contributed by atoms with Crippen molar-refractivity contribution in [2.75, 3.05) is 26.5 Å². The molecule has 0 saturated carbocycles. The predicted octanol–water partition coefficient (Wildman–Crippen LogP) is 3.19. The summed E-state index contributed by atoms with van der Waals surface area (Å²) in [6.07, 6.45) is 2.15. The Balaban J connectivity index is 1.39. The van der Waals surface area contributed by atoms with E-state index in [9.17, 15) is 9.59 Å². The third-order valence-corrected chi connectivity index (χ3v) is 6.55. The number of H-pyrrole nitrogens is 1. The van der Waals surface area contributed by atoms with E-state index in [-0.39, 0.29) is 17.2 Å². The molecule has 0 aliphatic rings. The highest BCUT2D eigenvalue weighted by Crippen LogP contribution is 2.27. The molecule has 35 heavy (non-hydrogen) atoms. The molecule has 2 N–H and O–H groups in total. The maximum Gasteiger partial charge on any atom is 0.262 e. The summed E-state index contributed by atoms with van der Waals surface area (Å²) in [6.45, 7) is 4.53. The highest BCUT2D eigenvalue weighted by molar-refractivity contribution is 7.99. The second-order valence-electron chi connectivity index (χ2n) is 8.01.